The van der Waals surface area contributed by atoms with Crippen LogP contribution in [0.5, 0.6) is 0 Å². The predicted octanol–water partition coefficient (Wildman–Crippen LogP) is 2.61. The van der Waals surface area contributed by atoms with Gasteiger partial charge in [0.15, 0.2) is 5.58 Å². The van der Waals surface area contributed by atoms with Gasteiger partial charge in [0.2, 0.25) is 0 Å². The maximum absolute atomic E-state index is 12.6. The summed E-state index contributed by atoms with van der Waals surface area (Å²) in [5.41, 5.74) is 2.21. The SMILES string of the molecule is Cl.O=C(N[C@@H]1C2CCN(CC2)C12CC2)c1ccc2occc2n1. The van der Waals surface area contributed by atoms with Crippen LogP contribution in [-0.2, 0) is 0 Å². The number of halogens is 1. The van der Waals surface area contributed by atoms with Gasteiger partial charge in [-0.25, -0.2) is 4.98 Å². The van der Waals surface area contributed by atoms with Crippen molar-refractivity contribution in [2.45, 2.75) is 37.3 Å². The third-order valence-corrected chi connectivity index (χ3v) is 5.81. The molecular weight excluding hydrogens is 314 g/mol. The van der Waals surface area contributed by atoms with E-state index in [1.807, 2.05) is 6.07 Å². The van der Waals surface area contributed by atoms with Crippen molar-refractivity contribution in [2.24, 2.45) is 5.92 Å². The second-order valence-electron chi connectivity index (χ2n) is 6.88. The largest absolute Gasteiger partial charge is 0.463 e. The molecule has 1 aliphatic carbocycles. The smallest absolute Gasteiger partial charge is 0.270 e. The quantitative estimate of drug-likeness (QED) is 0.917. The van der Waals surface area contributed by atoms with Crippen molar-refractivity contribution in [1.82, 2.24) is 15.2 Å². The van der Waals surface area contributed by atoms with E-state index in [4.69, 9.17) is 4.42 Å². The molecule has 3 saturated heterocycles. The Bertz CT molecular complexity index is 747. The molecule has 1 atom stereocenters. The van der Waals surface area contributed by atoms with Gasteiger partial charge in [0, 0.05) is 11.6 Å². The minimum atomic E-state index is -0.0480. The zero-order valence-electron chi connectivity index (χ0n) is 12.8. The Morgan fingerprint density at radius 1 is 1.26 bits per heavy atom. The second-order valence-corrected chi connectivity index (χ2v) is 6.88. The molecule has 23 heavy (non-hydrogen) atoms. The number of furan rings is 1. The summed E-state index contributed by atoms with van der Waals surface area (Å²) in [5, 5.41) is 3.30. The number of hydrogen-bond acceptors (Lipinski definition) is 4. The van der Waals surface area contributed by atoms with E-state index in [0.717, 1.165) is 11.1 Å². The first-order valence-corrected chi connectivity index (χ1v) is 8.16. The fourth-order valence-electron chi connectivity index (χ4n) is 4.52. The van der Waals surface area contributed by atoms with Crippen LogP contribution in [0.3, 0.4) is 0 Å². The first-order valence-electron chi connectivity index (χ1n) is 8.16. The lowest BCUT2D eigenvalue weighted by atomic mass is 9.77. The number of nitrogens with zero attached hydrogens (tertiary/aromatic N) is 2. The molecule has 1 N–H and O–H groups in total. The van der Waals surface area contributed by atoms with Gasteiger partial charge in [-0.05, 0) is 56.8 Å². The van der Waals surface area contributed by atoms with Crippen LogP contribution >= 0.6 is 12.4 Å². The molecule has 4 fully saturated rings. The van der Waals surface area contributed by atoms with Crippen LogP contribution in [0.4, 0.5) is 0 Å². The molecule has 6 heteroatoms. The highest BCUT2D eigenvalue weighted by molar-refractivity contribution is 5.94. The van der Waals surface area contributed by atoms with Gasteiger partial charge >= 0.3 is 0 Å². The van der Waals surface area contributed by atoms with E-state index in [1.165, 1.54) is 38.8 Å². The number of carbonyl (C=O) groups is 1. The number of hydrogen-bond donors (Lipinski definition) is 1. The maximum Gasteiger partial charge on any atom is 0.270 e. The van der Waals surface area contributed by atoms with Crippen molar-refractivity contribution < 1.29 is 9.21 Å². The topological polar surface area (TPSA) is 58.4 Å². The van der Waals surface area contributed by atoms with Gasteiger partial charge in [0.25, 0.3) is 5.91 Å². The number of piperidine rings is 3. The third kappa shape index (κ3) is 2.17. The summed E-state index contributed by atoms with van der Waals surface area (Å²) >= 11 is 0. The molecule has 122 valence electrons. The normalized spacial score (nSPS) is 30.2. The van der Waals surface area contributed by atoms with E-state index in [-0.39, 0.29) is 23.9 Å². The molecule has 0 aromatic carbocycles. The molecule has 1 spiro atoms. The Hall–Kier alpha value is -1.59. The molecule has 2 aromatic rings. The second kappa shape index (κ2) is 5.21. The summed E-state index contributed by atoms with van der Waals surface area (Å²) < 4.78 is 5.29. The minimum Gasteiger partial charge on any atom is -0.463 e. The Morgan fingerprint density at radius 3 is 2.78 bits per heavy atom. The van der Waals surface area contributed by atoms with E-state index < -0.39 is 0 Å². The van der Waals surface area contributed by atoms with Gasteiger partial charge in [0.05, 0.1) is 12.3 Å². The van der Waals surface area contributed by atoms with Gasteiger partial charge in [-0.2, -0.15) is 0 Å². The molecule has 2 bridgehead atoms. The molecule has 0 unspecified atom stereocenters. The van der Waals surface area contributed by atoms with E-state index >= 15 is 0 Å². The lowest BCUT2D eigenvalue weighted by molar-refractivity contribution is -0.00152. The first kappa shape index (κ1) is 15.0. The zero-order valence-corrected chi connectivity index (χ0v) is 13.6. The lowest BCUT2D eigenvalue weighted by Gasteiger charge is -2.52. The number of carbonyl (C=O) groups excluding carboxylic acids is 1. The minimum absolute atomic E-state index is 0. The highest BCUT2D eigenvalue weighted by Crippen LogP contribution is 2.53. The number of fused-ring (bicyclic) bond motifs is 3. The van der Waals surface area contributed by atoms with Gasteiger partial charge in [-0.15, -0.1) is 12.4 Å². The number of aromatic nitrogens is 1. The van der Waals surface area contributed by atoms with Crippen LogP contribution in [0.25, 0.3) is 11.1 Å². The number of rotatable bonds is 2. The Kier molecular flexibility index (Phi) is 3.39. The van der Waals surface area contributed by atoms with Gasteiger partial charge in [-0.1, -0.05) is 0 Å². The summed E-state index contributed by atoms with van der Waals surface area (Å²) in [7, 11) is 0. The third-order valence-electron chi connectivity index (χ3n) is 5.81. The molecule has 2 aromatic heterocycles. The van der Waals surface area contributed by atoms with Crippen molar-refractivity contribution in [3.8, 4) is 0 Å². The number of amides is 1. The summed E-state index contributed by atoms with van der Waals surface area (Å²) in [6.07, 6.45) is 6.47. The van der Waals surface area contributed by atoms with Crippen molar-refractivity contribution >= 4 is 29.4 Å². The van der Waals surface area contributed by atoms with Crippen LogP contribution in [0.1, 0.15) is 36.2 Å². The van der Waals surface area contributed by atoms with E-state index in [9.17, 15) is 4.79 Å². The van der Waals surface area contributed by atoms with Gasteiger partial charge < -0.3 is 9.73 Å². The molecular formula is C17H20ClN3O2. The maximum atomic E-state index is 12.6. The lowest BCUT2D eigenvalue weighted by Crippen LogP contribution is -2.65. The molecule has 1 amide bonds. The predicted molar refractivity (Wildman–Crippen MR) is 88.8 cm³/mol. The fraction of sp³-hybridized carbons (Fsp3) is 0.529. The van der Waals surface area contributed by atoms with Crippen LogP contribution in [-0.4, -0.2) is 40.5 Å². The average Bonchev–Trinajstić information content (AvgIpc) is 3.18. The van der Waals surface area contributed by atoms with E-state index in [0.29, 0.717) is 17.7 Å². The molecule has 5 nitrogen and oxygen atoms in total. The average molecular weight is 334 g/mol. The first-order chi connectivity index (χ1) is 10.8. The highest BCUT2D eigenvalue weighted by atomic mass is 35.5. The Labute approximate surface area is 140 Å². The number of nitrogens with one attached hydrogen (secondary N) is 1. The van der Waals surface area contributed by atoms with Gasteiger partial charge in [0.1, 0.15) is 11.2 Å². The fourth-order valence-corrected chi connectivity index (χ4v) is 4.52. The molecule has 4 aliphatic rings. The molecule has 6 rings (SSSR count). The monoisotopic (exact) mass is 333 g/mol. The van der Waals surface area contributed by atoms with Gasteiger partial charge in [-0.3, -0.25) is 9.69 Å². The summed E-state index contributed by atoms with van der Waals surface area (Å²) in [6.45, 7) is 2.41. The Morgan fingerprint density at radius 2 is 2.04 bits per heavy atom. The van der Waals surface area contributed by atoms with Crippen LogP contribution < -0.4 is 5.32 Å². The molecule has 0 radical (unpaired) electrons. The summed E-state index contributed by atoms with van der Waals surface area (Å²) in [6, 6.07) is 5.66. The standard InChI is InChI=1S/C17H19N3O2.ClH/c21-16(13-1-2-14-12(18-13)5-10-22-14)19-15-11-3-8-20(9-4-11)17(15)6-7-17;/h1-2,5,10-11,15H,3-4,6-9H2,(H,19,21);1H/t15-;/m1./s1. The Balaban J connectivity index is 0.00000135. The van der Waals surface area contributed by atoms with Crippen LogP contribution in [0.2, 0.25) is 0 Å². The molecule has 5 heterocycles. The van der Waals surface area contributed by atoms with E-state index in [1.54, 1.807) is 18.4 Å². The van der Waals surface area contributed by atoms with Crippen LogP contribution in [0, 0.1) is 5.92 Å². The zero-order chi connectivity index (χ0) is 14.7. The van der Waals surface area contributed by atoms with Crippen molar-refractivity contribution in [2.75, 3.05) is 13.1 Å². The summed E-state index contributed by atoms with van der Waals surface area (Å²) in [4.78, 5) is 19.7. The molecule has 1 saturated carbocycles. The molecule has 3 aliphatic heterocycles. The number of pyridine rings is 1. The van der Waals surface area contributed by atoms with Crippen molar-refractivity contribution in [3.63, 3.8) is 0 Å². The summed E-state index contributed by atoms with van der Waals surface area (Å²) in [5.74, 6) is 0.585. The van der Waals surface area contributed by atoms with Crippen LogP contribution in [0.15, 0.2) is 28.9 Å². The van der Waals surface area contributed by atoms with Crippen molar-refractivity contribution in [1.29, 1.82) is 0 Å². The van der Waals surface area contributed by atoms with Crippen molar-refractivity contribution in [3.05, 3.63) is 30.2 Å². The van der Waals surface area contributed by atoms with E-state index in [2.05, 4.69) is 15.2 Å². The highest BCUT2D eigenvalue weighted by Gasteiger charge is 2.60.